The number of ether oxygens (including phenoxy) is 1. The van der Waals surface area contributed by atoms with Crippen LogP contribution in [0.5, 0.6) is 0 Å². The van der Waals surface area contributed by atoms with E-state index in [9.17, 15) is 4.79 Å². The van der Waals surface area contributed by atoms with Crippen LogP contribution in [0.25, 0.3) is 0 Å². The van der Waals surface area contributed by atoms with Gasteiger partial charge < -0.3 is 4.74 Å². The van der Waals surface area contributed by atoms with Crippen molar-refractivity contribution in [1.82, 2.24) is 10.9 Å². The van der Waals surface area contributed by atoms with E-state index in [1.54, 1.807) is 7.05 Å². The Morgan fingerprint density at radius 3 is 2.67 bits per heavy atom. The van der Waals surface area contributed by atoms with E-state index in [4.69, 9.17) is 4.74 Å². The Morgan fingerprint density at radius 2 is 2.17 bits per heavy atom. The van der Waals surface area contributed by atoms with Crippen molar-refractivity contribution in [2.45, 2.75) is 20.3 Å². The number of hydrogen-bond acceptors (Lipinski definition) is 3. The van der Waals surface area contributed by atoms with Gasteiger partial charge in [-0.1, -0.05) is 13.8 Å². The van der Waals surface area contributed by atoms with Crippen LogP contribution in [-0.4, -0.2) is 26.2 Å². The van der Waals surface area contributed by atoms with Crippen LogP contribution in [-0.2, 0) is 9.53 Å². The quantitative estimate of drug-likeness (QED) is 0.450. The zero-order chi connectivity index (χ0) is 9.40. The van der Waals surface area contributed by atoms with Crippen LogP contribution in [0.2, 0.25) is 0 Å². The van der Waals surface area contributed by atoms with E-state index < -0.39 is 0 Å². The van der Waals surface area contributed by atoms with Crippen molar-refractivity contribution in [3.05, 3.63) is 0 Å². The fourth-order valence-corrected chi connectivity index (χ4v) is 0.659. The number of carbonyl (C=O) groups excluding carboxylic acids is 1. The second kappa shape index (κ2) is 7.06. The van der Waals surface area contributed by atoms with Crippen LogP contribution >= 0.6 is 0 Å². The molecule has 0 fully saturated rings. The molecule has 2 N–H and O–H groups in total. The third-order valence-corrected chi connectivity index (χ3v) is 1.34. The lowest BCUT2D eigenvalue weighted by atomic mass is 10.1. The van der Waals surface area contributed by atoms with Gasteiger partial charge in [-0.15, -0.1) is 0 Å². The summed E-state index contributed by atoms with van der Waals surface area (Å²) < 4.78 is 5.11. The minimum absolute atomic E-state index is 0.133. The first-order valence-electron chi connectivity index (χ1n) is 4.20. The predicted molar refractivity (Wildman–Crippen MR) is 47.5 cm³/mol. The van der Waals surface area contributed by atoms with Crippen molar-refractivity contribution in [3.63, 3.8) is 0 Å². The summed E-state index contributed by atoms with van der Waals surface area (Å²) in [5, 5.41) is 0. The van der Waals surface area contributed by atoms with Gasteiger partial charge in [-0.05, 0) is 12.3 Å². The molecule has 0 aromatic heterocycles. The zero-order valence-corrected chi connectivity index (χ0v) is 8.02. The van der Waals surface area contributed by atoms with E-state index in [2.05, 4.69) is 24.7 Å². The van der Waals surface area contributed by atoms with Crippen LogP contribution in [0.15, 0.2) is 0 Å². The molecule has 4 nitrogen and oxygen atoms in total. The van der Waals surface area contributed by atoms with E-state index in [-0.39, 0.29) is 12.5 Å². The van der Waals surface area contributed by atoms with Crippen molar-refractivity contribution >= 4 is 5.91 Å². The molecule has 4 heteroatoms. The second-order valence-corrected chi connectivity index (χ2v) is 3.03. The molecule has 0 rings (SSSR count). The Hall–Kier alpha value is -0.610. The first kappa shape index (κ1) is 11.4. The number of hydrogen-bond donors (Lipinski definition) is 2. The number of hydrazine groups is 1. The Balaban J connectivity index is 3.14. The van der Waals surface area contributed by atoms with Crippen molar-refractivity contribution in [2.75, 3.05) is 20.3 Å². The Kier molecular flexibility index (Phi) is 6.70. The lowest BCUT2D eigenvalue weighted by Crippen LogP contribution is -2.36. The van der Waals surface area contributed by atoms with Gasteiger partial charge in [0.15, 0.2) is 0 Å². The second-order valence-electron chi connectivity index (χ2n) is 3.03. The van der Waals surface area contributed by atoms with Crippen molar-refractivity contribution in [1.29, 1.82) is 0 Å². The highest BCUT2D eigenvalue weighted by atomic mass is 16.5. The van der Waals surface area contributed by atoms with Gasteiger partial charge in [0.2, 0.25) is 0 Å². The first-order valence-corrected chi connectivity index (χ1v) is 4.20. The molecule has 0 saturated heterocycles. The molecule has 0 aliphatic rings. The lowest BCUT2D eigenvalue weighted by Gasteiger charge is -2.06. The largest absolute Gasteiger partial charge is 0.372 e. The minimum atomic E-state index is -0.138. The van der Waals surface area contributed by atoms with Gasteiger partial charge in [-0.3, -0.25) is 10.2 Å². The van der Waals surface area contributed by atoms with Crippen molar-refractivity contribution in [3.8, 4) is 0 Å². The number of amides is 1. The summed E-state index contributed by atoms with van der Waals surface area (Å²) in [6.07, 6.45) is 0.993. The van der Waals surface area contributed by atoms with Crippen LogP contribution in [0.1, 0.15) is 20.3 Å². The molecule has 0 saturated carbocycles. The van der Waals surface area contributed by atoms with E-state index in [0.717, 1.165) is 6.42 Å². The van der Waals surface area contributed by atoms with Crippen LogP contribution in [0, 0.1) is 5.92 Å². The monoisotopic (exact) mass is 174 g/mol. The molecule has 0 atom stereocenters. The van der Waals surface area contributed by atoms with E-state index >= 15 is 0 Å². The standard InChI is InChI=1S/C8H18N2O2/c1-7(2)4-5-12-6-8(11)10-9-3/h7,9H,4-6H2,1-3H3,(H,10,11). The average molecular weight is 174 g/mol. The maximum absolute atomic E-state index is 10.8. The average Bonchev–Trinajstić information content (AvgIpc) is 1.98. The van der Waals surface area contributed by atoms with Crippen LogP contribution in [0.3, 0.4) is 0 Å². The Morgan fingerprint density at radius 1 is 1.50 bits per heavy atom. The van der Waals surface area contributed by atoms with Crippen LogP contribution < -0.4 is 10.9 Å². The van der Waals surface area contributed by atoms with Crippen LogP contribution in [0.4, 0.5) is 0 Å². The van der Waals surface area contributed by atoms with Gasteiger partial charge in [-0.2, -0.15) is 0 Å². The molecule has 0 aliphatic heterocycles. The number of rotatable bonds is 6. The highest BCUT2D eigenvalue weighted by Crippen LogP contribution is 1.98. The molecule has 72 valence electrons. The van der Waals surface area contributed by atoms with Gasteiger partial charge in [0.1, 0.15) is 6.61 Å². The van der Waals surface area contributed by atoms with E-state index in [0.29, 0.717) is 12.5 Å². The highest BCUT2D eigenvalue weighted by molar-refractivity contribution is 5.76. The topological polar surface area (TPSA) is 50.4 Å². The molecule has 1 amide bonds. The molecule has 12 heavy (non-hydrogen) atoms. The zero-order valence-electron chi connectivity index (χ0n) is 8.02. The fourth-order valence-electron chi connectivity index (χ4n) is 0.659. The molecule has 0 bridgehead atoms. The molecular weight excluding hydrogens is 156 g/mol. The van der Waals surface area contributed by atoms with Crippen molar-refractivity contribution in [2.24, 2.45) is 5.92 Å². The maximum Gasteiger partial charge on any atom is 0.260 e. The van der Waals surface area contributed by atoms with Gasteiger partial charge in [0, 0.05) is 13.7 Å². The summed E-state index contributed by atoms with van der Waals surface area (Å²) in [6, 6.07) is 0. The SMILES string of the molecule is CNNC(=O)COCCC(C)C. The molecule has 0 aliphatic carbocycles. The molecule has 0 heterocycles. The maximum atomic E-state index is 10.8. The summed E-state index contributed by atoms with van der Waals surface area (Å²) in [6.45, 7) is 5.02. The normalized spacial score (nSPS) is 10.3. The van der Waals surface area contributed by atoms with Gasteiger partial charge in [0.25, 0.3) is 5.91 Å². The summed E-state index contributed by atoms with van der Waals surface area (Å²) in [5.41, 5.74) is 4.96. The first-order chi connectivity index (χ1) is 5.66. The summed E-state index contributed by atoms with van der Waals surface area (Å²) >= 11 is 0. The molecule has 0 unspecified atom stereocenters. The minimum Gasteiger partial charge on any atom is -0.372 e. The van der Waals surface area contributed by atoms with Gasteiger partial charge in [-0.25, -0.2) is 5.43 Å². The molecule has 0 radical (unpaired) electrons. The Labute approximate surface area is 73.6 Å². The van der Waals surface area contributed by atoms with Gasteiger partial charge >= 0.3 is 0 Å². The third-order valence-electron chi connectivity index (χ3n) is 1.34. The number of nitrogens with one attached hydrogen (secondary N) is 2. The summed E-state index contributed by atoms with van der Waals surface area (Å²) in [4.78, 5) is 10.8. The third kappa shape index (κ3) is 7.50. The molecule has 0 aromatic carbocycles. The molecular formula is C8H18N2O2. The number of carbonyl (C=O) groups is 1. The van der Waals surface area contributed by atoms with E-state index in [1.807, 2.05) is 0 Å². The van der Waals surface area contributed by atoms with E-state index in [1.165, 1.54) is 0 Å². The van der Waals surface area contributed by atoms with Crippen molar-refractivity contribution < 1.29 is 9.53 Å². The molecule has 0 spiro atoms. The Bertz CT molecular complexity index is 126. The summed E-state index contributed by atoms with van der Waals surface area (Å²) in [5.74, 6) is 0.485. The lowest BCUT2D eigenvalue weighted by molar-refractivity contribution is -0.126. The molecule has 0 aromatic rings. The summed E-state index contributed by atoms with van der Waals surface area (Å²) in [7, 11) is 1.64. The highest BCUT2D eigenvalue weighted by Gasteiger charge is 1.99. The van der Waals surface area contributed by atoms with Gasteiger partial charge in [0.05, 0.1) is 0 Å². The predicted octanol–water partition coefficient (Wildman–Crippen LogP) is 0.300. The smallest absolute Gasteiger partial charge is 0.260 e. The fraction of sp³-hybridized carbons (Fsp3) is 0.875.